The zero-order valence-corrected chi connectivity index (χ0v) is 18.9. The molecule has 8 nitrogen and oxygen atoms in total. The zero-order valence-electron chi connectivity index (χ0n) is 18.9. The van der Waals surface area contributed by atoms with E-state index in [2.05, 4.69) is 22.4 Å². The lowest BCUT2D eigenvalue weighted by atomic mass is 10.1. The highest BCUT2D eigenvalue weighted by atomic mass is 16.6. The molecule has 3 aromatic rings. The van der Waals surface area contributed by atoms with Gasteiger partial charge >= 0.3 is 0 Å². The van der Waals surface area contributed by atoms with Gasteiger partial charge in [0, 0.05) is 41.9 Å². The third-order valence-corrected chi connectivity index (χ3v) is 5.23. The number of hydrazone groups is 1. The van der Waals surface area contributed by atoms with E-state index in [-0.39, 0.29) is 12.3 Å². The molecule has 0 bridgehead atoms. The second-order valence-corrected chi connectivity index (χ2v) is 7.49. The number of nitrogens with zero attached hydrogens (tertiary/aromatic N) is 3. The molecule has 0 spiro atoms. The van der Waals surface area contributed by atoms with Crippen molar-refractivity contribution < 1.29 is 14.5 Å². The number of nitro groups is 1. The number of non-ortho nitro benzene ring substituents is 1. The number of nitro benzene ring substituents is 1. The van der Waals surface area contributed by atoms with Crippen LogP contribution in [-0.4, -0.2) is 36.7 Å². The number of hydrogen-bond donors (Lipinski definition) is 1. The molecule has 1 amide bonds. The van der Waals surface area contributed by atoms with E-state index >= 15 is 0 Å². The van der Waals surface area contributed by atoms with Crippen molar-refractivity contribution in [2.24, 2.45) is 5.10 Å². The Hall–Kier alpha value is -3.94. The number of benzene rings is 3. The monoisotopic (exact) mass is 448 g/mol. The van der Waals surface area contributed by atoms with Crippen molar-refractivity contribution in [3.8, 4) is 5.75 Å². The first-order chi connectivity index (χ1) is 16.0. The van der Waals surface area contributed by atoms with Crippen molar-refractivity contribution in [2.75, 3.05) is 24.6 Å². The van der Waals surface area contributed by atoms with Gasteiger partial charge in [-0.05, 0) is 30.9 Å². The Kier molecular flexibility index (Phi) is 8.35. The van der Waals surface area contributed by atoms with Crippen molar-refractivity contribution in [2.45, 2.75) is 26.7 Å². The number of anilines is 1. The normalized spacial score (nSPS) is 11.0. The lowest BCUT2D eigenvalue weighted by Gasteiger charge is -2.24. The van der Waals surface area contributed by atoms with Crippen molar-refractivity contribution in [1.29, 1.82) is 0 Å². The molecule has 0 saturated heterocycles. The molecule has 0 aliphatic rings. The molecule has 0 aromatic heterocycles. The summed E-state index contributed by atoms with van der Waals surface area (Å²) in [4.78, 5) is 25.2. The summed E-state index contributed by atoms with van der Waals surface area (Å²) in [5.41, 5.74) is 3.81. The number of nitrogens with one attached hydrogen (secondary N) is 1. The Balaban J connectivity index is 1.69. The van der Waals surface area contributed by atoms with Crippen LogP contribution in [0.15, 0.2) is 65.8 Å². The van der Waals surface area contributed by atoms with Crippen LogP contribution in [0.2, 0.25) is 0 Å². The predicted molar refractivity (Wildman–Crippen MR) is 131 cm³/mol. The molecule has 0 atom stereocenters. The van der Waals surface area contributed by atoms with E-state index in [4.69, 9.17) is 4.74 Å². The Morgan fingerprint density at radius 2 is 1.94 bits per heavy atom. The van der Waals surface area contributed by atoms with E-state index in [9.17, 15) is 14.9 Å². The molecule has 0 saturated carbocycles. The van der Waals surface area contributed by atoms with Crippen LogP contribution in [0.3, 0.4) is 0 Å². The molecule has 0 aliphatic heterocycles. The van der Waals surface area contributed by atoms with Crippen molar-refractivity contribution in [3.63, 3.8) is 0 Å². The van der Waals surface area contributed by atoms with Gasteiger partial charge in [-0.3, -0.25) is 14.9 Å². The summed E-state index contributed by atoms with van der Waals surface area (Å²) in [6.45, 7) is 5.53. The molecular formula is C25H28N4O4. The molecular weight excluding hydrogens is 420 g/mol. The quantitative estimate of drug-likeness (QED) is 0.256. The molecule has 1 N–H and O–H groups in total. The van der Waals surface area contributed by atoms with Gasteiger partial charge in [0.05, 0.1) is 11.1 Å². The van der Waals surface area contributed by atoms with E-state index in [0.29, 0.717) is 11.3 Å². The molecule has 0 fully saturated rings. The van der Waals surface area contributed by atoms with Gasteiger partial charge in [-0.1, -0.05) is 49.7 Å². The zero-order chi connectivity index (χ0) is 23.6. The van der Waals surface area contributed by atoms with Gasteiger partial charge < -0.3 is 9.64 Å². The fourth-order valence-corrected chi connectivity index (χ4v) is 3.52. The number of carbonyl (C=O) groups excluding carboxylic acids is 1. The number of amides is 1. The minimum atomic E-state index is -0.444. The molecule has 0 heterocycles. The molecule has 0 aliphatic carbocycles. The molecule has 172 valence electrons. The number of rotatable bonds is 11. The van der Waals surface area contributed by atoms with Gasteiger partial charge in [0.2, 0.25) is 0 Å². The topological polar surface area (TPSA) is 97.1 Å². The molecule has 3 rings (SSSR count). The fraction of sp³-hybridized carbons (Fsp3) is 0.280. The van der Waals surface area contributed by atoms with Crippen LogP contribution in [0.25, 0.3) is 10.8 Å². The average Bonchev–Trinajstić information content (AvgIpc) is 2.83. The molecule has 0 unspecified atom stereocenters. The van der Waals surface area contributed by atoms with E-state index in [1.54, 1.807) is 6.07 Å². The maximum atomic E-state index is 12.3. The largest absolute Gasteiger partial charge is 0.483 e. The van der Waals surface area contributed by atoms with Gasteiger partial charge in [0.15, 0.2) is 6.61 Å². The molecule has 3 aromatic carbocycles. The van der Waals surface area contributed by atoms with Crippen LogP contribution in [0.1, 0.15) is 32.3 Å². The first kappa shape index (κ1) is 23.7. The van der Waals surface area contributed by atoms with Gasteiger partial charge in [-0.25, -0.2) is 5.43 Å². The summed E-state index contributed by atoms with van der Waals surface area (Å²) in [5.74, 6) is 0.187. The Labute approximate surface area is 193 Å². The Bertz CT molecular complexity index is 1140. The maximum Gasteiger partial charge on any atom is 0.277 e. The third-order valence-electron chi connectivity index (χ3n) is 5.23. The maximum absolute atomic E-state index is 12.3. The first-order valence-corrected chi connectivity index (χ1v) is 11.0. The first-order valence-electron chi connectivity index (χ1n) is 11.0. The summed E-state index contributed by atoms with van der Waals surface area (Å²) < 4.78 is 5.67. The fourth-order valence-electron chi connectivity index (χ4n) is 3.52. The highest BCUT2D eigenvalue weighted by Crippen LogP contribution is 2.26. The summed E-state index contributed by atoms with van der Waals surface area (Å²) in [6, 6.07) is 18.1. The summed E-state index contributed by atoms with van der Waals surface area (Å²) in [5, 5.41) is 17.2. The summed E-state index contributed by atoms with van der Waals surface area (Å²) in [7, 11) is 0. The van der Waals surface area contributed by atoms with Crippen molar-refractivity contribution in [1.82, 2.24) is 5.43 Å². The van der Waals surface area contributed by atoms with Crippen LogP contribution in [0, 0.1) is 10.1 Å². The van der Waals surface area contributed by atoms with Gasteiger partial charge in [0.25, 0.3) is 11.6 Å². The van der Waals surface area contributed by atoms with Crippen LogP contribution < -0.4 is 15.1 Å². The summed E-state index contributed by atoms with van der Waals surface area (Å²) >= 11 is 0. The van der Waals surface area contributed by atoms with E-state index in [1.807, 2.05) is 49.4 Å². The Morgan fingerprint density at radius 1 is 1.15 bits per heavy atom. The number of carbonyl (C=O) groups is 1. The SMILES string of the molecule is CCCCN(CC)c1ccc([N+](=O)[O-])cc1/C=N\NC(=O)COc1cccc2ccccc12. The minimum absolute atomic E-state index is 0.0302. The van der Waals surface area contributed by atoms with Crippen molar-refractivity contribution >= 4 is 34.3 Å². The van der Waals surface area contributed by atoms with Crippen LogP contribution in [0.5, 0.6) is 5.75 Å². The standard InChI is InChI=1S/C25H28N4O4/c1-3-5-15-28(4-2)23-14-13-21(29(31)32)16-20(23)17-26-27-25(30)18-33-24-12-8-10-19-9-6-7-11-22(19)24/h6-14,16-17H,3-5,15,18H2,1-2H3,(H,27,30)/b26-17-. The van der Waals surface area contributed by atoms with E-state index in [0.717, 1.165) is 42.4 Å². The smallest absolute Gasteiger partial charge is 0.277 e. The number of fused-ring (bicyclic) bond motifs is 1. The second-order valence-electron chi connectivity index (χ2n) is 7.49. The highest BCUT2D eigenvalue weighted by Gasteiger charge is 2.14. The number of unbranched alkanes of at least 4 members (excludes halogenated alkanes) is 1. The Morgan fingerprint density at radius 3 is 2.70 bits per heavy atom. The van der Waals surface area contributed by atoms with Gasteiger partial charge in [-0.2, -0.15) is 5.10 Å². The highest BCUT2D eigenvalue weighted by molar-refractivity contribution is 5.91. The van der Waals surface area contributed by atoms with E-state index in [1.165, 1.54) is 18.3 Å². The molecule has 8 heteroatoms. The van der Waals surface area contributed by atoms with Gasteiger partial charge in [-0.15, -0.1) is 0 Å². The van der Waals surface area contributed by atoms with Crippen molar-refractivity contribution in [3.05, 3.63) is 76.3 Å². The van der Waals surface area contributed by atoms with Crippen LogP contribution in [-0.2, 0) is 4.79 Å². The summed E-state index contributed by atoms with van der Waals surface area (Å²) in [6.07, 6.45) is 3.48. The van der Waals surface area contributed by atoms with E-state index < -0.39 is 10.8 Å². The minimum Gasteiger partial charge on any atom is -0.483 e. The lowest BCUT2D eigenvalue weighted by molar-refractivity contribution is -0.384. The number of ether oxygens (including phenoxy) is 1. The van der Waals surface area contributed by atoms with Crippen LogP contribution in [0.4, 0.5) is 11.4 Å². The average molecular weight is 449 g/mol. The van der Waals surface area contributed by atoms with Crippen LogP contribution >= 0.6 is 0 Å². The van der Waals surface area contributed by atoms with Gasteiger partial charge in [0.1, 0.15) is 5.75 Å². The third kappa shape index (κ3) is 6.29. The lowest BCUT2D eigenvalue weighted by Crippen LogP contribution is -2.26. The predicted octanol–water partition coefficient (Wildman–Crippen LogP) is 4.90. The molecule has 0 radical (unpaired) electrons. The second kappa shape index (κ2) is 11.6. The number of hydrogen-bond acceptors (Lipinski definition) is 6. The molecule has 33 heavy (non-hydrogen) atoms.